The van der Waals surface area contributed by atoms with Crippen LogP contribution in [0.5, 0.6) is 5.75 Å². The summed E-state index contributed by atoms with van der Waals surface area (Å²) in [6, 6.07) is 5.93. The van der Waals surface area contributed by atoms with Crippen LogP contribution in [-0.4, -0.2) is 37.0 Å². The quantitative estimate of drug-likeness (QED) is 0.940. The van der Waals surface area contributed by atoms with Crippen LogP contribution in [0.2, 0.25) is 0 Å². The Balaban J connectivity index is 1.77. The maximum absolute atomic E-state index is 12.6. The highest BCUT2D eigenvalue weighted by Gasteiger charge is 2.31. The van der Waals surface area contributed by atoms with E-state index in [2.05, 4.69) is 6.92 Å². The van der Waals surface area contributed by atoms with E-state index in [1.54, 1.807) is 13.4 Å². The van der Waals surface area contributed by atoms with Crippen molar-refractivity contribution in [1.82, 2.24) is 4.90 Å². The maximum Gasteiger partial charge on any atom is 0.227 e. The van der Waals surface area contributed by atoms with Gasteiger partial charge in [0.2, 0.25) is 5.91 Å². The highest BCUT2D eigenvalue weighted by atomic mass is 16.5. The van der Waals surface area contributed by atoms with E-state index in [0.717, 1.165) is 35.2 Å². The molecule has 0 radical (unpaired) electrons. The van der Waals surface area contributed by atoms with E-state index in [4.69, 9.17) is 14.9 Å². The lowest BCUT2D eigenvalue weighted by Gasteiger charge is -2.21. The van der Waals surface area contributed by atoms with Crippen molar-refractivity contribution in [3.8, 4) is 5.75 Å². The van der Waals surface area contributed by atoms with Gasteiger partial charge in [0.1, 0.15) is 11.3 Å². The Kier molecular flexibility index (Phi) is 4.07. The summed E-state index contributed by atoms with van der Waals surface area (Å²) in [5.41, 5.74) is 7.40. The lowest BCUT2D eigenvalue weighted by atomic mass is 10.1. The molecule has 1 amide bonds. The first kappa shape index (κ1) is 14.9. The number of rotatable bonds is 4. The summed E-state index contributed by atoms with van der Waals surface area (Å²) in [7, 11) is 1.62. The van der Waals surface area contributed by atoms with Crippen molar-refractivity contribution in [2.45, 2.75) is 25.8 Å². The molecule has 5 nitrogen and oxygen atoms in total. The van der Waals surface area contributed by atoms with E-state index in [9.17, 15) is 4.79 Å². The van der Waals surface area contributed by atoms with E-state index in [1.165, 1.54) is 0 Å². The number of methoxy groups -OCH3 is 1. The summed E-state index contributed by atoms with van der Waals surface area (Å²) in [5, 5.41) is 0.969. The Labute approximate surface area is 130 Å². The summed E-state index contributed by atoms with van der Waals surface area (Å²) >= 11 is 0. The second-order valence-electron chi connectivity index (χ2n) is 6.03. The highest BCUT2D eigenvalue weighted by molar-refractivity contribution is 5.88. The zero-order chi connectivity index (χ0) is 15.7. The maximum atomic E-state index is 12.6. The molecule has 1 saturated heterocycles. The van der Waals surface area contributed by atoms with Crippen LogP contribution in [0.4, 0.5) is 0 Å². The van der Waals surface area contributed by atoms with Gasteiger partial charge in [0.05, 0.1) is 19.8 Å². The van der Waals surface area contributed by atoms with Crippen molar-refractivity contribution in [2.75, 3.05) is 20.2 Å². The predicted molar refractivity (Wildman–Crippen MR) is 84.8 cm³/mol. The standard InChI is InChI=1S/C17H22N2O3/c1-11-5-12(8-18)9-19(11)17(20)6-13-10-22-16-7-14(21-2)3-4-15(13)16/h3-4,7,10-12H,5-6,8-9,18H2,1-2H3. The zero-order valence-electron chi connectivity index (χ0n) is 13.0. The number of fused-ring (bicyclic) bond motifs is 1. The van der Waals surface area contributed by atoms with Crippen LogP contribution >= 0.6 is 0 Å². The van der Waals surface area contributed by atoms with Crippen molar-refractivity contribution in [3.63, 3.8) is 0 Å². The lowest BCUT2D eigenvalue weighted by Crippen LogP contribution is -2.35. The Morgan fingerprint density at radius 2 is 2.32 bits per heavy atom. The van der Waals surface area contributed by atoms with E-state index in [0.29, 0.717) is 18.9 Å². The fourth-order valence-electron chi connectivity index (χ4n) is 3.25. The van der Waals surface area contributed by atoms with Gasteiger partial charge in [-0.05, 0) is 37.9 Å². The molecule has 1 aromatic carbocycles. The van der Waals surface area contributed by atoms with Gasteiger partial charge in [0.25, 0.3) is 0 Å². The molecule has 0 bridgehead atoms. The average molecular weight is 302 g/mol. The van der Waals surface area contributed by atoms with E-state index in [1.807, 2.05) is 23.1 Å². The van der Waals surface area contributed by atoms with Crippen LogP contribution in [0.15, 0.2) is 28.9 Å². The molecule has 0 saturated carbocycles. The Bertz CT molecular complexity index is 680. The first-order valence-corrected chi connectivity index (χ1v) is 7.66. The van der Waals surface area contributed by atoms with Crippen LogP contribution in [0, 0.1) is 5.92 Å². The number of nitrogens with two attached hydrogens (primary N) is 1. The summed E-state index contributed by atoms with van der Waals surface area (Å²) < 4.78 is 10.7. The topological polar surface area (TPSA) is 68.7 Å². The lowest BCUT2D eigenvalue weighted by molar-refractivity contribution is -0.131. The summed E-state index contributed by atoms with van der Waals surface area (Å²) in [6.07, 6.45) is 3.02. The van der Waals surface area contributed by atoms with Crippen LogP contribution in [-0.2, 0) is 11.2 Å². The van der Waals surface area contributed by atoms with Gasteiger partial charge in [-0.25, -0.2) is 0 Å². The molecule has 1 aromatic heterocycles. The molecule has 5 heteroatoms. The highest BCUT2D eigenvalue weighted by Crippen LogP contribution is 2.28. The average Bonchev–Trinajstić information content (AvgIpc) is 3.10. The number of likely N-dealkylation sites (tertiary alicyclic amines) is 1. The van der Waals surface area contributed by atoms with E-state index in [-0.39, 0.29) is 11.9 Å². The molecule has 0 aliphatic carbocycles. The molecule has 1 fully saturated rings. The fraction of sp³-hybridized carbons (Fsp3) is 0.471. The largest absolute Gasteiger partial charge is 0.497 e. The van der Waals surface area contributed by atoms with E-state index >= 15 is 0 Å². The fourth-order valence-corrected chi connectivity index (χ4v) is 3.25. The van der Waals surface area contributed by atoms with Gasteiger partial charge in [-0.15, -0.1) is 0 Å². The smallest absolute Gasteiger partial charge is 0.227 e. The number of hydrogen-bond acceptors (Lipinski definition) is 4. The molecule has 2 unspecified atom stereocenters. The number of nitrogens with zero attached hydrogens (tertiary/aromatic N) is 1. The van der Waals surface area contributed by atoms with Crippen LogP contribution in [0.3, 0.4) is 0 Å². The van der Waals surface area contributed by atoms with Crippen molar-refractivity contribution in [1.29, 1.82) is 0 Å². The number of furan rings is 1. The first-order valence-electron chi connectivity index (χ1n) is 7.66. The summed E-state index contributed by atoms with van der Waals surface area (Å²) in [6.45, 7) is 3.49. The number of benzene rings is 1. The molecular formula is C17H22N2O3. The van der Waals surface area contributed by atoms with Gasteiger partial charge < -0.3 is 19.8 Å². The number of hydrogen-bond donors (Lipinski definition) is 1. The molecule has 0 spiro atoms. The van der Waals surface area contributed by atoms with Gasteiger partial charge in [0.15, 0.2) is 0 Å². The summed E-state index contributed by atoms with van der Waals surface area (Å²) in [5.74, 6) is 1.31. The molecule has 118 valence electrons. The molecule has 22 heavy (non-hydrogen) atoms. The van der Waals surface area contributed by atoms with Crippen molar-refractivity contribution < 1.29 is 13.9 Å². The normalized spacial score (nSPS) is 21.5. The van der Waals surface area contributed by atoms with Crippen LogP contribution in [0.25, 0.3) is 11.0 Å². The van der Waals surface area contributed by atoms with Gasteiger partial charge >= 0.3 is 0 Å². The minimum Gasteiger partial charge on any atom is -0.497 e. The van der Waals surface area contributed by atoms with Gasteiger partial charge in [-0.1, -0.05) is 0 Å². The van der Waals surface area contributed by atoms with Gasteiger partial charge in [0, 0.05) is 29.6 Å². The third kappa shape index (κ3) is 2.68. The Morgan fingerprint density at radius 3 is 3.00 bits per heavy atom. The third-order valence-corrected chi connectivity index (χ3v) is 4.52. The van der Waals surface area contributed by atoms with Crippen molar-refractivity contribution >= 4 is 16.9 Å². The molecule has 2 heterocycles. The first-order chi connectivity index (χ1) is 10.6. The molecule has 2 atom stereocenters. The van der Waals surface area contributed by atoms with Gasteiger partial charge in [-0.2, -0.15) is 0 Å². The molecule has 2 aromatic rings. The monoisotopic (exact) mass is 302 g/mol. The SMILES string of the molecule is COc1ccc2c(CC(=O)N3CC(CN)CC3C)coc2c1. The van der Waals surface area contributed by atoms with Crippen LogP contribution in [0.1, 0.15) is 18.9 Å². The zero-order valence-corrected chi connectivity index (χ0v) is 13.0. The molecular weight excluding hydrogens is 280 g/mol. The Hall–Kier alpha value is -2.01. The predicted octanol–water partition coefficient (Wildman–Crippen LogP) is 2.18. The van der Waals surface area contributed by atoms with E-state index < -0.39 is 0 Å². The molecule has 3 rings (SSSR count). The number of carbonyl (C=O) groups excluding carboxylic acids is 1. The number of ether oxygens (including phenoxy) is 1. The molecule has 1 aliphatic rings. The second-order valence-corrected chi connectivity index (χ2v) is 6.03. The van der Waals surface area contributed by atoms with Crippen molar-refractivity contribution in [3.05, 3.63) is 30.0 Å². The Morgan fingerprint density at radius 1 is 1.50 bits per heavy atom. The van der Waals surface area contributed by atoms with Crippen LogP contribution < -0.4 is 10.5 Å². The number of carbonyl (C=O) groups is 1. The minimum absolute atomic E-state index is 0.141. The van der Waals surface area contributed by atoms with Crippen molar-refractivity contribution in [2.24, 2.45) is 11.7 Å². The van der Waals surface area contributed by atoms with Gasteiger partial charge in [-0.3, -0.25) is 4.79 Å². The minimum atomic E-state index is 0.141. The second kappa shape index (κ2) is 6.01. The number of amides is 1. The molecule has 2 N–H and O–H groups in total. The molecule has 1 aliphatic heterocycles. The third-order valence-electron chi connectivity index (χ3n) is 4.52. The summed E-state index contributed by atoms with van der Waals surface area (Å²) in [4.78, 5) is 14.5.